The normalized spacial score (nSPS) is 18.4. The van der Waals surface area contributed by atoms with Gasteiger partial charge >= 0.3 is 0 Å². The van der Waals surface area contributed by atoms with Gasteiger partial charge < -0.3 is 9.64 Å². The van der Waals surface area contributed by atoms with Gasteiger partial charge in [-0.05, 0) is 24.3 Å². The molecule has 3 rings (SSSR count). The number of halogens is 1. The predicted molar refractivity (Wildman–Crippen MR) is 82.5 cm³/mol. The number of ether oxygens (including phenoxy) is 1. The Labute approximate surface area is 126 Å². The smallest absolute Gasteiger partial charge is 0.256 e. The van der Waals surface area contributed by atoms with Crippen molar-refractivity contribution >= 4 is 35.0 Å². The molecule has 0 saturated carbocycles. The van der Waals surface area contributed by atoms with Crippen LogP contribution in [-0.4, -0.2) is 16.5 Å². The van der Waals surface area contributed by atoms with E-state index in [1.54, 1.807) is 4.90 Å². The summed E-state index contributed by atoms with van der Waals surface area (Å²) < 4.78 is 5.27. The molecule has 102 valence electrons. The van der Waals surface area contributed by atoms with Gasteiger partial charge in [0.2, 0.25) is 0 Å². The van der Waals surface area contributed by atoms with E-state index in [0.717, 1.165) is 11.4 Å². The molecule has 5 heteroatoms. The summed E-state index contributed by atoms with van der Waals surface area (Å²) in [5, 5.41) is 0. The number of para-hydroxylation sites is 1. The Kier molecular flexibility index (Phi) is 3.85. The molecular weight excluding hydrogens is 294 g/mol. The van der Waals surface area contributed by atoms with Crippen molar-refractivity contribution in [3.63, 3.8) is 0 Å². The van der Waals surface area contributed by atoms with Crippen molar-refractivity contribution in [1.29, 1.82) is 0 Å². The van der Waals surface area contributed by atoms with Crippen molar-refractivity contribution in [2.45, 2.75) is 4.71 Å². The van der Waals surface area contributed by atoms with Crippen molar-refractivity contribution < 1.29 is 9.53 Å². The summed E-state index contributed by atoms with van der Waals surface area (Å²) in [6, 6.07) is 17.0. The number of amides is 1. The van der Waals surface area contributed by atoms with Gasteiger partial charge in [-0.1, -0.05) is 24.3 Å². The fourth-order valence-corrected chi connectivity index (χ4v) is 3.05. The summed E-state index contributed by atoms with van der Waals surface area (Å²) in [6.07, 6.45) is 0. The van der Waals surface area contributed by atoms with E-state index < -0.39 is 4.71 Å². The number of alkyl halides is 1. The van der Waals surface area contributed by atoms with Crippen molar-refractivity contribution in [3.8, 4) is 11.5 Å². The van der Waals surface area contributed by atoms with Crippen LogP contribution in [0.3, 0.4) is 0 Å². The largest absolute Gasteiger partial charge is 0.457 e. The van der Waals surface area contributed by atoms with Crippen LogP contribution in [0.25, 0.3) is 0 Å². The zero-order valence-electron chi connectivity index (χ0n) is 10.5. The quantitative estimate of drug-likeness (QED) is 0.800. The third-order valence-corrected chi connectivity index (χ3v) is 4.38. The summed E-state index contributed by atoms with van der Waals surface area (Å²) in [4.78, 5) is 13.6. The Morgan fingerprint density at radius 1 is 1.10 bits per heavy atom. The van der Waals surface area contributed by atoms with Gasteiger partial charge in [0.25, 0.3) is 5.91 Å². The van der Waals surface area contributed by atoms with Crippen LogP contribution in [0.2, 0.25) is 0 Å². The number of hydrogen-bond acceptors (Lipinski definition) is 3. The molecule has 0 aromatic heterocycles. The van der Waals surface area contributed by atoms with Crippen LogP contribution in [0.15, 0.2) is 54.6 Å². The molecule has 1 atom stereocenters. The van der Waals surface area contributed by atoms with Gasteiger partial charge in [-0.15, -0.1) is 23.4 Å². The fraction of sp³-hybridized carbons (Fsp3) is 0.133. The van der Waals surface area contributed by atoms with E-state index in [1.165, 1.54) is 11.8 Å². The van der Waals surface area contributed by atoms with E-state index in [1.807, 2.05) is 54.6 Å². The first-order valence-electron chi connectivity index (χ1n) is 6.14. The Hall–Kier alpha value is -1.65. The van der Waals surface area contributed by atoms with Crippen LogP contribution in [0.5, 0.6) is 11.5 Å². The molecule has 0 bridgehead atoms. The van der Waals surface area contributed by atoms with Crippen molar-refractivity contribution in [1.82, 2.24) is 0 Å². The van der Waals surface area contributed by atoms with Crippen LogP contribution in [0, 0.1) is 0 Å². The second kappa shape index (κ2) is 5.77. The van der Waals surface area contributed by atoms with Gasteiger partial charge in [0.15, 0.2) is 4.71 Å². The highest BCUT2D eigenvalue weighted by molar-refractivity contribution is 8.02. The van der Waals surface area contributed by atoms with Crippen LogP contribution in [-0.2, 0) is 4.79 Å². The summed E-state index contributed by atoms with van der Waals surface area (Å²) >= 11 is 7.34. The molecule has 0 aliphatic carbocycles. The zero-order valence-corrected chi connectivity index (χ0v) is 12.1. The number of rotatable bonds is 3. The molecule has 2 aromatic carbocycles. The number of hydrogen-bond donors (Lipinski definition) is 0. The van der Waals surface area contributed by atoms with Gasteiger partial charge in [0.1, 0.15) is 11.5 Å². The Morgan fingerprint density at radius 3 is 2.55 bits per heavy atom. The van der Waals surface area contributed by atoms with Gasteiger partial charge in [0.05, 0.1) is 5.88 Å². The van der Waals surface area contributed by atoms with Crippen molar-refractivity contribution in [2.24, 2.45) is 0 Å². The molecule has 1 aliphatic heterocycles. The maximum Gasteiger partial charge on any atom is 0.256 e. The highest BCUT2D eigenvalue weighted by Crippen LogP contribution is 2.33. The van der Waals surface area contributed by atoms with Crippen LogP contribution in [0.1, 0.15) is 0 Å². The molecule has 1 unspecified atom stereocenters. The van der Waals surface area contributed by atoms with Gasteiger partial charge in [-0.3, -0.25) is 4.79 Å². The minimum atomic E-state index is -0.492. The van der Waals surface area contributed by atoms with Crippen LogP contribution >= 0.6 is 23.4 Å². The van der Waals surface area contributed by atoms with Gasteiger partial charge in [-0.2, -0.15) is 0 Å². The first kappa shape index (κ1) is 13.3. The lowest BCUT2D eigenvalue weighted by molar-refractivity contribution is -0.116. The zero-order chi connectivity index (χ0) is 13.9. The van der Waals surface area contributed by atoms with E-state index in [2.05, 4.69) is 0 Å². The van der Waals surface area contributed by atoms with E-state index in [0.29, 0.717) is 11.6 Å². The molecule has 1 amide bonds. The average molecular weight is 306 g/mol. The van der Waals surface area contributed by atoms with Crippen molar-refractivity contribution in [2.75, 3.05) is 10.8 Å². The topological polar surface area (TPSA) is 29.5 Å². The van der Waals surface area contributed by atoms with Gasteiger partial charge in [0, 0.05) is 11.8 Å². The molecule has 0 spiro atoms. The maximum atomic E-state index is 11.9. The minimum absolute atomic E-state index is 0.0754. The highest BCUT2D eigenvalue weighted by atomic mass is 35.5. The SMILES string of the molecule is O=C1C(Cl)SCN1c1cccc(Oc2ccccc2)c1. The third-order valence-electron chi connectivity index (χ3n) is 2.92. The predicted octanol–water partition coefficient (Wildman–Crippen LogP) is 4.08. The summed E-state index contributed by atoms with van der Waals surface area (Å²) in [7, 11) is 0. The van der Waals surface area contributed by atoms with Gasteiger partial charge in [-0.25, -0.2) is 0 Å². The summed E-state index contributed by atoms with van der Waals surface area (Å²) in [6.45, 7) is 0. The average Bonchev–Trinajstić information content (AvgIpc) is 2.80. The van der Waals surface area contributed by atoms with Crippen molar-refractivity contribution in [3.05, 3.63) is 54.6 Å². The Morgan fingerprint density at radius 2 is 1.85 bits per heavy atom. The summed E-state index contributed by atoms with van der Waals surface area (Å²) in [5.74, 6) is 1.96. The minimum Gasteiger partial charge on any atom is -0.457 e. The lowest BCUT2D eigenvalue weighted by Gasteiger charge is -2.16. The van der Waals surface area contributed by atoms with E-state index >= 15 is 0 Å². The number of carbonyl (C=O) groups excluding carboxylic acids is 1. The van der Waals surface area contributed by atoms with Crippen LogP contribution in [0.4, 0.5) is 5.69 Å². The second-order valence-corrected chi connectivity index (χ2v) is 6.05. The molecule has 0 N–H and O–H groups in total. The first-order valence-corrected chi connectivity index (χ1v) is 7.62. The van der Waals surface area contributed by atoms with E-state index in [4.69, 9.17) is 16.3 Å². The lowest BCUT2D eigenvalue weighted by atomic mass is 10.2. The standard InChI is InChI=1S/C15H12ClNO2S/c16-14-15(18)17(10-20-14)11-5-4-8-13(9-11)19-12-6-2-1-3-7-12/h1-9,14H,10H2. The number of thioether (sulfide) groups is 1. The number of benzene rings is 2. The molecule has 1 fully saturated rings. The first-order chi connectivity index (χ1) is 9.74. The fourth-order valence-electron chi connectivity index (χ4n) is 1.94. The van der Waals surface area contributed by atoms with Crippen LogP contribution < -0.4 is 9.64 Å². The third kappa shape index (κ3) is 2.76. The second-order valence-electron chi connectivity index (χ2n) is 4.29. The Bertz CT molecular complexity index is 620. The molecular formula is C15H12ClNO2S. The summed E-state index contributed by atoms with van der Waals surface area (Å²) in [5.41, 5.74) is 0.805. The maximum absolute atomic E-state index is 11.9. The number of anilines is 1. The van der Waals surface area contributed by atoms with E-state index in [-0.39, 0.29) is 5.91 Å². The monoisotopic (exact) mass is 305 g/mol. The van der Waals surface area contributed by atoms with E-state index in [9.17, 15) is 4.79 Å². The molecule has 1 heterocycles. The molecule has 1 aliphatic rings. The Balaban J connectivity index is 1.81. The number of carbonyl (C=O) groups is 1. The molecule has 2 aromatic rings. The molecule has 3 nitrogen and oxygen atoms in total. The molecule has 0 radical (unpaired) electrons. The number of nitrogens with zero attached hydrogens (tertiary/aromatic N) is 1. The lowest BCUT2D eigenvalue weighted by Crippen LogP contribution is -2.27. The molecule has 20 heavy (non-hydrogen) atoms. The highest BCUT2D eigenvalue weighted by Gasteiger charge is 2.31. The molecule has 1 saturated heterocycles.